The fraction of sp³-hybridized carbons (Fsp3) is 0.357. The number of carbonyl (C=O) groups excluding carboxylic acids is 2. The van der Waals surface area contributed by atoms with Gasteiger partial charge in [0.1, 0.15) is 17.2 Å². The van der Waals surface area contributed by atoms with Gasteiger partial charge < -0.3 is 26.6 Å². The van der Waals surface area contributed by atoms with Crippen LogP contribution in [0.4, 0.5) is 4.39 Å². The van der Waals surface area contributed by atoms with Crippen LogP contribution in [0.2, 0.25) is 0 Å². The number of aromatic nitrogens is 1. The van der Waals surface area contributed by atoms with Crippen molar-refractivity contribution in [1.82, 2.24) is 15.6 Å². The zero-order valence-corrected chi connectivity index (χ0v) is 12.7. The number of pyridine rings is 1. The Hall–Kier alpha value is -2.36. The molecule has 23 heavy (non-hydrogen) atoms. The summed E-state index contributed by atoms with van der Waals surface area (Å²) in [6.07, 6.45) is -0.407. The number of halogens is 1. The molecule has 126 valence electrons. The maximum atomic E-state index is 13.3. The van der Waals surface area contributed by atoms with Gasteiger partial charge in [0.2, 0.25) is 0 Å². The summed E-state index contributed by atoms with van der Waals surface area (Å²) in [4.78, 5) is 27.8. The van der Waals surface area contributed by atoms with Gasteiger partial charge >= 0.3 is 0 Å². The van der Waals surface area contributed by atoms with Crippen molar-refractivity contribution in [2.75, 3.05) is 0 Å². The Labute approximate surface area is 132 Å². The third-order valence-electron chi connectivity index (χ3n) is 2.93. The lowest BCUT2D eigenvalue weighted by Gasteiger charge is -2.17. The van der Waals surface area contributed by atoms with Crippen LogP contribution in [0.1, 0.15) is 30.0 Å². The highest BCUT2D eigenvalue weighted by Gasteiger charge is 2.19. The predicted molar refractivity (Wildman–Crippen MR) is 79.1 cm³/mol. The van der Waals surface area contributed by atoms with E-state index in [1.165, 1.54) is 19.9 Å². The summed E-state index contributed by atoms with van der Waals surface area (Å²) < 4.78 is 13.3. The van der Waals surface area contributed by atoms with Crippen LogP contribution in [-0.4, -0.2) is 39.3 Å². The van der Waals surface area contributed by atoms with E-state index in [9.17, 15) is 14.0 Å². The second kappa shape index (κ2) is 8.32. The zero-order valence-electron chi connectivity index (χ0n) is 12.7. The van der Waals surface area contributed by atoms with Crippen molar-refractivity contribution in [2.24, 2.45) is 5.73 Å². The average molecular weight is 326 g/mol. The lowest BCUT2D eigenvalue weighted by atomic mass is 10.2. The van der Waals surface area contributed by atoms with Crippen LogP contribution in [0.25, 0.3) is 0 Å². The summed E-state index contributed by atoms with van der Waals surface area (Å²) in [7, 11) is 0. The Morgan fingerprint density at radius 2 is 2.09 bits per heavy atom. The molecular formula is C14H19FN4O4. The molecule has 0 saturated carbocycles. The summed E-state index contributed by atoms with van der Waals surface area (Å²) in [6, 6.07) is 1.29. The van der Waals surface area contributed by atoms with E-state index in [0.29, 0.717) is 0 Å². The highest BCUT2D eigenvalue weighted by molar-refractivity contribution is 6.02. The van der Waals surface area contributed by atoms with Gasteiger partial charge in [0.25, 0.3) is 11.8 Å². The minimum absolute atomic E-state index is 0.0684. The van der Waals surface area contributed by atoms with Crippen LogP contribution in [0.3, 0.4) is 0 Å². The van der Waals surface area contributed by atoms with E-state index in [1.807, 2.05) is 0 Å². The minimum Gasteiger partial charge on any atom is -0.366 e. The quantitative estimate of drug-likeness (QED) is 0.340. The van der Waals surface area contributed by atoms with Gasteiger partial charge in [-0.05, 0) is 26.0 Å². The highest BCUT2D eigenvalue weighted by atomic mass is 19.1. The first-order chi connectivity index (χ1) is 10.8. The van der Waals surface area contributed by atoms with E-state index in [0.717, 1.165) is 12.1 Å². The molecule has 1 heterocycles. The summed E-state index contributed by atoms with van der Waals surface area (Å²) >= 11 is 0. The van der Waals surface area contributed by atoms with E-state index >= 15 is 0 Å². The molecule has 0 aromatic carbocycles. The van der Waals surface area contributed by atoms with Gasteiger partial charge in [-0.1, -0.05) is 6.08 Å². The van der Waals surface area contributed by atoms with Gasteiger partial charge in [-0.25, -0.2) is 9.37 Å². The molecule has 0 aliphatic carbocycles. The van der Waals surface area contributed by atoms with Crippen LogP contribution < -0.4 is 16.4 Å². The van der Waals surface area contributed by atoms with Crippen molar-refractivity contribution in [3.63, 3.8) is 0 Å². The molecular weight excluding hydrogens is 307 g/mol. The number of nitrogens with two attached hydrogens (primary N) is 1. The Morgan fingerprint density at radius 1 is 1.43 bits per heavy atom. The van der Waals surface area contributed by atoms with E-state index < -0.39 is 30.0 Å². The molecule has 6 N–H and O–H groups in total. The van der Waals surface area contributed by atoms with Gasteiger partial charge in [-0.2, -0.15) is 0 Å². The molecule has 0 fully saturated rings. The normalized spacial score (nSPS) is 12.9. The largest absolute Gasteiger partial charge is 0.366 e. The zero-order chi connectivity index (χ0) is 17.6. The molecule has 2 amide bonds. The third-order valence-corrected chi connectivity index (χ3v) is 2.93. The van der Waals surface area contributed by atoms with Gasteiger partial charge in [0.05, 0.1) is 11.7 Å². The standard InChI is InChI=1S/C14H19FN4O4/c1-3-9(12(20)17-7(2)14(22)23)19-13(21)10-5-4-8(15)11(6-16)18-10/h3-5,7,14,22-23H,6,16H2,1-2H3,(H,17,20)(H,19,21)/b9-3-/t7-/m0/s1. The molecule has 0 saturated heterocycles. The van der Waals surface area contributed by atoms with Crippen molar-refractivity contribution in [3.8, 4) is 0 Å². The molecule has 0 aliphatic heterocycles. The molecule has 0 radical (unpaired) electrons. The van der Waals surface area contributed by atoms with E-state index in [-0.39, 0.29) is 23.6 Å². The van der Waals surface area contributed by atoms with Gasteiger partial charge in [-0.3, -0.25) is 9.59 Å². The maximum absolute atomic E-state index is 13.3. The first-order valence-corrected chi connectivity index (χ1v) is 6.80. The number of rotatable bonds is 6. The van der Waals surface area contributed by atoms with Crippen molar-refractivity contribution in [2.45, 2.75) is 32.7 Å². The van der Waals surface area contributed by atoms with Gasteiger partial charge in [0, 0.05) is 6.54 Å². The highest BCUT2D eigenvalue weighted by Crippen LogP contribution is 2.06. The molecule has 0 aliphatic rings. The smallest absolute Gasteiger partial charge is 0.274 e. The molecule has 1 aromatic rings. The fourth-order valence-electron chi connectivity index (χ4n) is 1.56. The van der Waals surface area contributed by atoms with E-state index in [1.54, 1.807) is 0 Å². The van der Waals surface area contributed by atoms with Gasteiger partial charge in [-0.15, -0.1) is 0 Å². The predicted octanol–water partition coefficient (Wildman–Crippen LogP) is -0.872. The summed E-state index contributed by atoms with van der Waals surface area (Å²) in [5.41, 5.74) is 5.04. The Kier molecular flexibility index (Phi) is 6.76. The summed E-state index contributed by atoms with van der Waals surface area (Å²) in [5, 5.41) is 22.5. The fourth-order valence-corrected chi connectivity index (χ4v) is 1.56. The topological polar surface area (TPSA) is 138 Å². The van der Waals surface area contributed by atoms with Crippen LogP contribution in [0.5, 0.6) is 0 Å². The molecule has 1 rings (SSSR count). The maximum Gasteiger partial charge on any atom is 0.274 e. The number of hydrogen-bond acceptors (Lipinski definition) is 6. The number of amides is 2. The summed E-state index contributed by atoms with van der Waals surface area (Å²) in [5.74, 6) is -2.05. The number of nitrogens with zero attached hydrogens (tertiary/aromatic N) is 1. The van der Waals surface area contributed by atoms with Gasteiger partial charge in [0.15, 0.2) is 6.29 Å². The van der Waals surface area contributed by atoms with Crippen molar-refractivity contribution in [1.29, 1.82) is 0 Å². The minimum atomic E-state index is -1.74. The second-order valence-corrected chi connectivity index (χ2v) is 4.66. The van der Waals surface area contributed by atoms with Crippen molar-refractivity contribution in [3.05, 3.63) is 41.1 Å². The number of nitrogens with one attached hydrogen (secondary N) is 2. The first kappa shape index (κ1) is 18.7. The van der Waals surface area contributed by atoms with Crippen LogP contribution >= 0.6 is 0 Å². The number of aliphatic hydroxyl groups is 2. The molecule has 9 heteroatoms. The number of carbonyl (C=O) groups is 2. The molecule has 8 nitrogen and oxygen atoms in total. The Bertz CT molecular complexity index is 619. The first-order valence-electron chi connectivity index (χ1n) is 6.80. The monoisotopic (exact) mass is 326 g/mol. The molecule has 1 aromatic heterocycles. The van der Waals surface area contributed by atoms with E-state index in [4.69, 9.17) is 15.9 Å². The van der Waals surface area contributed by atoms with Crippen LogP contribution in [0, 0.1) is 5.82 Å². The SMILES string of the molecule is C/C=C(\NC(=O)c1ccc(F)c(CN)n1)C(=O)N[C@@H](C)C(O)O. The number of allylic oxidation sites excluding steroid dienone is 1. The average Bonchev–Trinajstić information content (AvgIpc) is 2.52. The van der Waals surface area contributed by atoms with Crippen molar-refractivity contribution < 1.29 is 24.2 Å². The number of aliphatic hydroxyl groups excluding tert-OH is 1. The lowest BCUT2D eigenvalue weighted by Crippen LogP contribution is -2.44. The molecule has 1 atom stereocenters. The number of hydrogen-bond donors (Lipinski definition) is 5. The molecule has 0 unspecified atom stereocenters. The Morgan fingerprint density at radius 3 is 2.61 bits per heavy atom. The van der Waals surface area contributed by atoms with Crippen LogP contribution in [0.15, 0.2) is 23.9 Å². The molecule has 0 spiro atoms. The molecule has 0 bridgehead atoms. The van der Waals surface area contributed by atoms with E-state index in [2.05, 4.69) is 15.6 Å². The summed E-state index contributed by atoms with van der Waals surface area (Å²) in [6.45, 7) is 2.72. The Balaban J connectivity index is 2.83. The lowest BCUT2D eigenvalue weighted by molar-refractivity contribution is -0.123. The second-order valence-electron chi connectivity index (χ2n) is 4.66. The third kappa shape index (κ3) is 5.09. The van der Waals surface area contributed by atoms with Crippen LogP contribution in [-0.2, 0) is 11.3 Å². The van der Waals surface area contributed by atoms with Crippen molar-refractivity contribution >= 4 is 11.8 Å².